The summed E-state index contributed by atoms with van der Waals surface area (Å²) in [6, 6.07) is 3.37. The van der Waals surface area contributed by atoms with E-state index >= 15 is 0 Å². The maximum absolute atomic E-state index is 13.5. The summed E-state index contributed by atoms with van der Waals surface area (Å²) >= 11 is 6.21. The number of aromatic nitrogens is 7. The number of nitrogen functional groups attached to an aromatic ring is 1. The summed E-state index contributed by atoms with van der Waals surface area (Å²) in [5, 5.41) is 8.24. The Morgan fingerprint density at radius 2 is 1.93 bits per heavy atom. The van der Waals surface area contributed by atoms with E-state index < -0.39 is 5.92 Å². The normalized spacial score (nSPS) is 15.9. The van der Waals surface area contributed by atoms with Crippen molar-refractivity contribution in [2.75, 3.05) is 30.7 Å². The van der Waals surface area contributed by atoms with Crippen LogP contribution in [0.1, 0.15) is 37.6 Å². The molecule has 11 nitrogen and oxygen atoms in total. The predicted molar refractivity (Wildman–Crippen MR) is 156 cm³/mol. The zero-order chi connectivity index (χ0) is 29.9. The molecule has 0 unspecified atom stereocenters. The summed E-state index contributed by atoms with van der Waals surface area (Å²) in [7, 11) is 1.81. The van der Waals surface area contributed by atoms with Gasteiger partial charge in [-0.2, -0.15) is 5.10 Å². The van der Waals surface area contributed by atoms with E-state index in [1.54, 1.807) is 41.6 Å². The molecule has 5 heterocycles. The second-order valence-electron chi connectivity index (χ2n) is 10.4. The molecule has 3 N–H and O–H groups in total. The molecule has 4 aromatic heterocycles. The van der Waals surface area contributed by atoms with Gasteiger partial charge < -0.3 is 15.8 Å². The molecule has 1 aliphatic rings. The molecule has 5 rings (SSSR count). The second kappa shape index (κ2) is 12.5. The van der Waals surface area contributed by atoms with Crippen LogP contribution in [0.5, 0.6) is 5.88 Å². The zero-order valence-electron chi connectivity index (χ0n) is 23.7. The van der Waals surface area contributed by atoms with Crippen molar-refractivity contribution in [3.8, 4) is 28.5 Å². The van der Waals surface area contributed by atoms with E-state index in [-0.39, 0.29) is 18.9 Å². The third-order valence-electron chi connectivity index (χ3n) is 7.07. The van der Waals surface area contributed by atoms with Crippen molar-refractivity contribution in [2.24, 2.45) is 7.05 Å². The van der Waals surface area contributed by atoms with E-state index in [1.165, 1.54) is 0 Å². The molecule has 0 aliphatic carbocycles. The van der Waals surface area contributed by atoms with E-state index in [4.69, 9.17) is 22.1 Å². The largest absolute Gasteiger partial charge is 0.474 e. The SMILES string of the molecule is Cc1nn(C)c(O[C@@H](C)CCNc2cc(Cl)ncc2-c2cnc(CN3CCC(F)(F)CC3)cn2)c1-c1nccc(N)n1. The molecule has 1 saturated heterocycles. The van der Waals surface area contributed by atoms with Crippen LogP contribution < -0.4 is 15.8 Å². The van der Waals surface area contributed by atoms with Gasteiger partial charge >= 0.3 is 0 Å². The maximum Gasteiger partial charge on any atom is 0.250 e. The Morgan fingerprint density at radius 3 is 2.64 bits per heavy atom. The number of rotatable bonds is 10. The number of ether oxygens (including phenoxy) is 1. The van der Waals surface area contributed by atoms with Crippen LogP contribution in [0.15, 0.2) is 36.9 Å². The minimum absolute atomic E-state index is 0.132. The molecule has 222 valence electrons. The van der Waals surface area contributed by atoms with E-state index in [2.05, 4.69) is 35.3 Å². The highest BCUT2D eigenvalue weighted by Gasteiger charge is 2.34. The monoisotopic (exact) mass is 598 g/mol. The number of hydrogen-bond acceptors (Lipinski definition) is 10. The van der Waals surface area contributed by atoms with E-state index in [1.807, 2.05) is 25.8 Å². The fourth-order valence-corrected chi connectivity index (χ4v) is 4.96. The highest BCUT2D eigenvalue weighted by Crippen LogP contribution is 2.32. The van der Waals surface area contributed by atoms with Gasteiger partial charge in [-0.1, -0.05) is 11.6 Å². The van der Waals surface area contributed by atoms with Gasteiger partial charge in [0, 0.05) is 76.1 Å². The standard InChI is InChI=1S/C28H33ClF2N10O/c1-17(42-27-25(18(2)39-40(27)3)26-34-9-5-24(32)38-26)4-8-33-21-12-23(29)37-14-20(21)22-15-35-19(13-36-22)16-41-10-6-28(30,31)7-11-41/h5,9,12-15,17H,4,6-8,10-11,16H2,1-3H3,(H,33,37)(H2,32,34,38)/t17-/m0/s1. The lowest BCUT2D eigenvalue weighted by Gasteiger charge is -2.31. The molecule has 0 bridgehead atoms. The predicted octanol–water partition coefficient (Wildman–Crippen LogP) is 4.77. The first-order valence-electron chi connectivity index (χ1n) is 13.7. The van der Waals surface area contributed by atoms with Gasteiger partial charge in [-0.15, -0.1) is 0 Å². The molecule has 1 fully saturated rings. The topological polar surface area (TPSA) is 133 Å². The van der Waals surface area contributed by atoms with Crippen LogP contribution >= 0.6 is 11.6 Å². The Hall–Kier alpha value is -3.97. The number of halogens is 3. The van der Waals surface area contributed by atoms with Crippen molar-refractivity contribution >= 4 is 23.1 Å². The number of pyridine rings is 1. The Morgan fingerprint density at radius 1 is 1.14 bits per heavy atom. The first-order chi connectivity index (χ1) is 20.1. The third-order valence-corrected chi connectivity index (χ3v) is 7.28. The van der Waals surface area contributed by atoms with E-state index in [9.17, 15) is 8.78 Å². The third kappa shape index (κ3) is 7.08. The molecular formula is C28H33ClF2N10O. The second-order valence-corrected chi connectivity index (χ2v) is 10.8. The highest BCUT2D eigenvalue weighted by molar-refractivity contribution is 6.29. The fourth-order valence-electron chi connectivity index (χ4n) is 4.81. The average Bonchev–Trinajstić information content (AvgIpc) is 3.22. The number of piperidine rings is 1. The highest BCUT2D eigenvalue weighted by atomic mass is 35.5. The van der Waals surface area contributed by atoms with Crippen molar-refractivity contribution in [2.45, 2.75) is 51.7 Å². The first-order valence-corrected chi connectivity index (χ1v) is 14.1. The molecule has 0 radical (unpaired) electrons. The van der Waals surface area contributed by atoms with Gasteiger partial charge in [-0.25, -0.2) is 28.4 Å². The number of nitrogens with one attached hydrogen (secondary N) is 1. The fraction of sp³-hybridized carbons (Fsp3) is 0.429. The number of likely N-dealkylation sites (tertiary alicyclic amines) is 1. The molecular weight excluding hydrogens is 566 g/mol. The maximum atomic E-state index is 13.5. The molecule has 0 amide bonds. The average molecular weight is 599 g/mol. The van der Waals surface area contributed by atoms with Crippen LogP contribution in [-0.4, -0.2) is 71.3 Å². The van der Waals surface area contributed by atoms with Gasteiger partial charge in [0.15, 0.2) is 5.82 Å². The minimum Gasteiger partial charge on any atom is -0.474 e. The summed E-state index contributed by atoms with van der Waals surface area (Å²) in [5.41, 5.74) is 10.2. The molecule has 0 spiro atoms. The Labute approximate surface area is 247 Å². The lowest BCUT2D eigenvalue weighted by molar-refractivity contribution is -0.0568. The van der Waals surface area contributed by atoms with Crippen molar-refractivity contribution in [1.29, 1.82) is 0 Å². The summed E-state index contributed by atoms with van der Waals surface area (Å²) in [6.45, 7) is 5.57. The summed E-state index contributed by atoms with van der Waals surface area (Å²) in [6.07, 6.45) is 6.81. The zero-order valence-corrected chi connectivity index (χ0v) is 24.4. The van der Waals surface area contributed by atoms with Gasteiger partial charge in [0.2, 0.25) is 5.88 Å². The van der Waals surface area contributed by atoms with Crippen molar-refractivity contribution in [3.05, 3.63) is 53.5 Å². The van der Waals surface area contributed by atoms with Crippen LogP contribution in [0.25, 0.3) is 22.6 Å². The number of anilines is 2. The number of aryl methyl sites for hydroxylation is 2. The van der Waals surface area contributed by atoms with Crippen LogP contribution in [0.3, 0.4) is 0 Å². The van der Waals surface area contributed by atoms with Crippen LogP contribution in [0.2, 0.25) is 5.15 Å². The lowest BCUT2D eigenvalue weighted by atomic mass is 10.1. The van der Waals surface area contributed by atoms with Gasteiger partial charge in [0.05, 0.1) is 35.6 Å². The smallest absolute Gasteiger partial charge is 0.250 e. The van der Waals surface area contributed by atoms with Crippen LogP contribution in [-0.2, 0) is 13.6 Å². The lowest BCUT2D eigenvalue weighted by Crippen LogP contribution is -2.39. The van der Waals surface area contributed by atoms with Crippen molar-refractivity contribution < 1.29 is 13.5 Å². The number of hydrogen-bond donors (Lipinski definition) is 2. The molecule has 0 aromatic carbocycles. The summed E-state index contributed by atoms with van der Waals surface area (Å²) in [4.78, 5) is 24.0. The van der Waals surface area contributed by atoms with Gasteiger partial charge in [-0.3, -0.25) is 14.9 Å². The molecule has 42 heavy (non-hydrogen) atoms. The number of alkyl halides is 2. The Bertz CT molecular complexity index is 1520. The molecule has 0 saturated carbocycles. The van der Waals surface area contributed by atoms with Gasteiger partial charge in [0.25, 0.3) is 5.92 Å². The molecule has 4 aromatic rings. The van der Waals surface area contributed by atoms with E-state index in [0.29, 0.717) is 66.5 Å². The van der Waals surface area contributed by atoms with Crippen LogP contribution in [0.4, 0.5) is 20.3 Å². The Kier molecular flexibility index (Phi) is 8.78. The molecule has 14 heteroatoms. The van der Waals surface area contributed by atoms with Crippen LogP contribution in [0, 0.1) is 6.92 Å². The van der Waals surface area contributed by atoms with E-state index in [0.717, 1.165) is 22.6 Å². The van der Waals surface area contributed by atoms with Gasteiger partial charge in [-0.05, 0) is 26.0 Å². The Balaban J connectivity index is 1.22. The quantitative estimate of drug-likeness (QED) is 0.246. The first kappa shape index (κ1) is 29.5. The summed E-state index contributed by atoms with van der Waals surface area (Å²) in [5.74, 6) is -1.19. The minimum atomic E-state index is -2.58. The molecule has 1 atom stereocenters. The van der Waals surface area contributed by atoms with Gasteiger partial charge in [0.1, 0.15) is 16.5 Å². The molecule has 1 aliphatic heterocycles. The van der Waals surface area contributed by atoms with Crippen molar-refractivity contribution in [1.82, 2.24) is 39.6 Å². The number of nitrogens with two attached hydrogens (primary N) is 1. The summed E-state index contributed by atoms with van der Waals surface area (Å²) < 4.78 is 34.9. The van der Waals surface area contributed by atoms with Crippen molar-refractivity contribution in [3.63, 3.8) is 0 Å². The number of nitrogens with zero attached hydrogens (tertiary/aromatic N) is 8.